The van der Waals surface area contributed by atoms with Crippen molar-refractivity contribution in [3.63, 3.8) is 0 Å². The highest BCUT2D eigenvalue weighted by atomic mass is 19.4. The Labute approximate surface area is 208 Å². The number of carboxylic acids is 2. The van der Waals surface area contributed by atoms with E-state index in [2.05, 4.69) is 34.0 Å². The van der Waals surface area contributed by atoms with Gasteiger partial charge in [-0.2, -0.15) is 31.4 Å². The summed E-state index contributed by atoms with van der Waals surface area (Å²) in [4.78, 5) is 27.7. The zero-order valence-corrected chi connectivity index (χ0v) is 19.8. The number of alkyl halides is 6. The van der Waals surface area contributed by atoms with Crippen LogP contribution in [0.2, 0.25) is 0 Å². The quantitative estimate of drug-likeness (QED) is 0.555. The van der Waals surface area contributed by atoms with Crippen LogP contribution < -0.4 is 4.90 Å². The lowest BCUT2D eigenvalue weighted by molar-refractivity contribution is -0.193. The number of aromatic nitrogens is 3. The number of hydrogen-bond acceptors (Lipinski definition) is 6. The number of pyridine rings is 1. The highest BCUT2D eigenvalue weighted by Gasteiger charge is 2.38. The summed E-state index contributed by atoms with van der Waals surface area (Å²) in [6, 6.07) is 6.39. The number of carboxylic acid groups (broad SMARTS) is 2. The van der Waals surface area contributed by atoms with E-state index in [4.69, 9.17) is 24.8 Å². The maximum absolute atomic E-state index is 10.6. The number of carbonyl (C=O) groups is 2. The third-order valence-corrected chi connectivity index (χ3v) is 5.33. The van der Waals surface area contributed by atoms with Crippen LogP contribution in [0.3, 0.4) is 0 Å². The van der Waals surface area contributed by atoms with Crippen LogP contribution in [-0.2, 0) is 22.7 Å². The molecular formula is C22H27F6N5O4. The normalized spacial score (nSPS) is 15.9. The lowest BCUT2D eigenvalue weighted by atomic mass is 10.2. The predicted molar refractivity (Wildman–Crippen MR) is 119 cm³/mol. The van der Waals surface area contributed by atoms with Gasteiger partial charge in [0.05, 0.1) is 6.54 Å². The molecule has 0 aromatic carbocycles. The molecule has 37 heavy (non-hydrogen) atoms. The second-order valence-electron chi connectivity index (χ2n) is 8.48. The second-order valence-corrected chi connectivity index (χ2v) is 8.48. The Morgan fingerprint density at radius 2 is 1.59 bits per heavy atom. The van der Waals surface area contributed by atoms with Gasteiger partial charge in [-0.25, -0.2) is 14.6 Å². The van der Waals surface area contributed by atoms with Crippen LogP contribution >= 0.6 is 0 Å². The Kier molecular flexibility index (Phi) is 10.3. The zero-order valence-electron chi connectivity index (χ0n) is 19.8. The lowest BCUT2D eigenvalue weighted by Crippen LogP contribution is -2.34. The predicted octanol–water partition coefficient (Wildman–Crippen LogP) is 3.59. The standard InChI is InChI=1S/C18H25N5.2C2HF3O2/c1-15-3-6-17-14-21(13-16-4-5-16)9-10-22(18(17)20-15)11-12-23-8-2-7-19-23;2*3-2(4,5)1(6)7/h2-3,6-8,16H,4-5,9-14H2,1H3;2*(H,6,7). The molecule has 15 heteroatoms. The summed E-state index contributed by atoms with van der Waals surface area (Å²) in [5, 5.41) is 18.6. The topological polar surface area (TPSA) is 112 Å². The molecule has 0 amide bonds. The van der Waals surface area contributed by atoms with Crippen molar-refractivity contribution in [2.45, 2.75) is 45.2 Å². The highest BCUT2D eigenvalue weighted by molar-refractivity contribution is 5.73. The minimum Gasteiger partial charge on any atom is -0.475 e. The average molecular weight is 539 g/mol. The fourth-order valence-corrected chi connectivity index (χ4v) is 3.35. The van der Waals surface area contributed by atoms with Crippen molar-refractivity contribution in [2.24, 2.45) is 5.92 Å². The van der Waals surface area contributed by atoms with E-state index in [1.807, 2.05) is 23.1 Å². The maximum Gasteiger partial charge on any atom is 0.490 e. The number of hydrogen-bond donors (Lipinski definition) is 2. The number of aliphatic carboxylic acids is 2. The number of nitrogens with zero attached hydrogens (tertiary/aromatic N) is 5. The molecule has 2 aromatic rings. The molecule has 0 atom stereocenters. The van der Waals surface area contributed by atoms with Gasteiger partial charge in [0, 0.05) is 56.4 Å². The van der Waals surface area contributed by atoms with Crippen molar-refractivity contribution in [3.05, 3.63) is 41.9 Å². The van der Waals surface area contributed by atoms with Crippen molar-refractivity contribution in [1.29, 1.82) is 0 Å². The summed E-state index contributed by atoms with van der Waals surface area (Å²) in [6.45, 7) is 8.42. The van der Waals surface area contributed by atoms with Gasteiger partial charge in [-0.05, 0) is 37.8 Å². The zero-order chi connectivity index (χ0) is 27.8. The molecule has 3 heterocycles. The highest BCUT2D eigenvalue weighted by Crippen LogP contribution is 2.32. The Bertz CT molecular complexity index is 1000. The maximum atomic E-state index is 10.6. The fraction of sp³-hybridized carbons (Fsp3) is 0.545. The molecule has 0 spiro atoms. The van der Waals surface area contributed by atoms with E-state index in [1.54, 1.807) is 0 Å². The summed E-state index contributed by atoms with van der Waals surface area (Å²) in [5.74, 6) is -3.40. The van der Waals surface area contributed by atoms with Gasteiger partial charge in [-0.1, -0.05) is 6.07 Å². The smallest absolute Gasteiger partial charge is 0.475 e. The SMILES string of the molecule is Cc1ccc2c(n1)N(CCn1cccn1)CCN(CC1CC1)C2.O=C(O)C(F)(F)F.O=C(O)C(F)(F)F. The van der Waals surface area contributed by atoms with E-state index in [1.165, 1.54) is 30.8 Å². The van der Waals surface area contributed by atoms with Crippen molar-refractivity contribution < 1.29 is 46.1 Å². The van der Waals surface area contributed by atoms with E-state index in [0.29, 0.717) is 0 Å². The minimum absolute atomic E-state index is 0.907. The number of aryl methyl sites for hydroxylation is 1. The molecule has 9 nitrogen and oxygen atoms in total. The van der Waals surface area contributed by atoms with Crippen LogP contribution in [-0.4, -0.2) is 80.3 Å². The van der Waals surface area contributed by atoms with Gasteiger partial charge in [0.15, 0.2) is 0 Å². The van der Waals surface area contributed by atoms with Gasteiger partial charge in [0.2, 0.25) is 0 Å². The minimum atomic E-state index is -5.08. The Balaban J connectivity index is 0.000000286. The van der Waals surface area contributed by atoms with E-state index < -0.39 is 24.3 Å². The molecule has 0 bridgehead atoms. The average Bonchev–Trinajstić information content (AvgIpc) is 3.48. The third kappa shape index (κ3) is 10.7. The Morgan fingerprint density at radius 3 is 2.08 bits per heavy atom. The molecule has 1 aliphatic heterocycles. The van der Waals surface area contributed by atoms with E-state index in [-0.39, 0.29) is 0 Å². The van der Waals surface area contributed by atoms with Gasteiger partial charge >= 0.3 is 24.3 Å². The molecule has 2 N–H and O–H groups in total. The van der Waals surface area contributed by atoms with E-state index >= 15 is 0 Å². The number of anilines is 1. The van der Waals surface area contributed by atoms with Gasteiger partial charge in [-0.3, -0.25) is 9.58 Å². The van der Waals surface area contributed by atoms with E-state index in [9.17, 15) is 26.3 Å². The summed E-state index contributed by atoms with van der Waals surface area (Å²) >= 11 is 0. The Hall–Kier alpha value is -3.36. The van der Waals surface area contributed by atoms with Gasteiger partial charge < -0.3 is 15.1 Å². The lowest BCUT2D eigenvalue weighted by Gasteiger charge is -2.24. The number of halogens is 6. The summed E-state index contributed by atoms with van der Waals surface area (Å²) in [5.41, 5.74) is 2.47. The second kappa shape index (κ2) is 12.7. The molecule has 1 fully saturated rings. The van der Waals surface area contributed by atoms with Crippen LogP contribution in [0.5, 0.6) is 0 Å². The first-order valence-corrected chi connectivity index (χ1v) is 11.2. The van der Waals surface area contributed by atoms with Gasteiger partial charge in [0.1, 0.15) is 5.82 Å². The van der Waals surface area contributed by atoms with Crippen LogP contribution in [0, 0.1) is 12.8 Å². The van der Waals surface area contributed by atoms with Crippen molar-refractivity contribution in [3.8, 4) is 0 Å². The van der Waals surface area contributed by atoms with Crippen LogP contribution in [0.15, 0.2) is 30.6 Å². The molecule has 0 unspecified atom stereocenters. The first kappa shape index (κ1) is 29.9. The molecule has 2 aromatic heterocycles. The van der Waals surface area contributed by atoms with Gasteiger partial charge in [0.25, 0.3) is 0 Å². The molecule has 0 saturated heterocycles. The number of fused-ring (bicyclic) bond motifs is 1. The van der Waals surface area contributed by atoms with Gasteiger partial charge in [-0.15, -0.1) is 0 Å². The number of rotatable bonds is 5. The van der Waals surface area contributed by atoms with Crippen molar-refractivity contribution in [2.75, 3.05) is 31.1 Å². The summed E-state index contributed by atoms with van der Waals surface area (Å²) in [6.07, 6.45) is -3.46. The molecule has 1 aliphatic carbocycles. The monoisotopic (exact) mass is 539 g/mol. The fourth-order valence-electron chi connectivity index (χ4n) is 3.35. The van der Waals surface area contributed by atoms with Crippen LogP contribution in [0.1, 0.15) is 24.1 Å². The van der Waals surface area contributed by atoms with Crippen molar-refractivity contribution >= 4 is 17.8 Å². The molecule has 0 radical (unpaired) electrons. The molecular weight excluding hydrogens is 512 g/mol. The molecule has 4 rings (SSSR count). The summed E-state index contributed by atoms with van der Waals surface area (Å²) < 4.78 is 65.5. The largest absolute Gasteiger partial charge is 0.490 e. The van der Waals surface area contributed by atoms with Crippen LogP contribution in [0.25, 0.3) is 0 Å². The van der Waals surface area contributed by atoms with Crippen LogP contribution in [0.4, 0.5) is 32.2 Å². The van der Waals surface area contributed by atoms with E-state index in [0.717, 1.165) is 44.3 Å². The molecule has 206 valence electrons. The Morgan fingerprint density at radius 1 is 1.00 bits per heavy atom. The summed E-state index contributed by atoms with van der Waals surface area (Å²) in [7, 11) is 0. The molecule has 2 aliphatic rings. The first-order chi connectivity index (χ1) is 17.2. The molecule has 1 saturated carbocycles. The van der Waals surface area contributed by atoms with Crippen molar-refractivity contribution in [1.82, 2.24) is 19.7 Å². The first-order valence-electron chi connectivity index (χ1n) is 11.2. The third-order valence-electron chi connectivity index (χ3n) is 5.33.